The smallest absolute Gasteiger partial charge is 0.508 e. The SMILES string of the molecule is NC(=O)N1C(=O)C2CC=C3C(CC4C(=O)C(c5ccccc5)=CC(=O)C4(c4ccccc4)C3c3cc(OC(F)(F)F)ccc3O)C2C1=O. The number of hydrogen-bond donors (Lipinski definition) is 2. The molecule has 9 nitrogen and oxygen atoms in total. The molecule has 3 N–H and O–H groups in total. The Hall–Kier alpha value is -5.52. The number of urea groups is 1. The van der Waals surface area contributed by atoms with Gasteiger partial charge < -0.3 is 15.6 Å². The largest absolute Gasteiger partial charge is 0.573 e. The monoisotopic (exact) mass is 656 g/mol. The fourth-order valence-electron chi connectivity index (χ4n) is 8.40. The van der Waals surface area contributed by atoms with Gasteiger partial charge in [0, 0.05) is 23.0 Å². The number of carbonyl (C=O) groups excluding carboxylic acids is 5. The van der Waals surface area contributed by atoms with Crippen molar-refractivity contribution in [2.75, 3.05) is 0 Å². The second-order valence-electron chi connectivity index (χ2n) is 12.4. The van der Waals surface area contributed by atoms with Gasteiger partial charge in [-0.05, 0) is 54.2 Å². The van der Waals surface area contributed by atoms with Gasteiger partial charge in [-0.2, -0.15) is 4.90 Å². The van der Waals surface area contributed by atoms with E-state index in [9.17, 15) is 42.3 Å². The molecule has 3 aromatic rings. The average molecular weight is 657 g/mol. The quantitative estimate of drug-likeness (QED) is 0.291. The van der Waals surface area contributed by atoms with Crippen LogP contribution >= 0.6 is 0 Å². The Balaban J connectivity index is 1.52. The van der Waals surface area contributed by atoms with E-state index in [4.69, 9.17) is 5.73 Å². The Labute approximate surface area is 271 Å². The zero-order valence-electron chi connectivity index (χ0n) is 25.0. The molecule has 6 unspecified atom stereocenters. The first-order valence-corrected chi connectivity index (χ1v) is 15.2. The number of benzene rings is 3. The Morgan fingerprint density at radius 2 is 1.58 bits per heavy atom. The number of imide groups is 3. The van der Waals surface area contributed by atoms with Crippen LogP contribution in [0.1, 0.15) is 35.4 Å². The summed E-state index contributed by atoms with van der Waals surface area (Å²) in [5.41, 5.74) is 4.81. The number of amides is 4. The predicted octanol–water partition coefficient (Wildman–Crippen LogP) is 5.19. The van der Waals surface area contributed by atoms with E-state index in [-0.39, 0.29) is 24.0 Å². The summed E-state index contributed by atoms with van der Waals surface area (Å²) in [5.74, 6) is -9.34. The normalized spacial score (nSPS) is 28.2. The molecule has 0 aromatic heterocycles. The zero-order chi connectivity index (χ0) is 34.1. The third-order valence-corrected chi connectivity index (χ3v) is 10.1. The Morgan fingerprint density at radius 3 is 2.23 bits per heavy atom. The molecule has 0 radical (unpaired) electrons. The number of likely N-dealkylation sites (tertiary alicyclic amines) is 1. The molecule has 4 amide bonds. The van der Waals surface area contributed by atoms with Crippen molar-refractivity contribution in [2.45, 2.75) is 30.5 Å². The lowest BCUT2D eigenvalue weighted by atomic mass is 9.44. The van der Waals surface area contributed by atoms with Crippen LogP contribution in [0.5, 0.6) is 11.5 Å². The van der Waals surface area contributed by atoms with Crippen LogP contribution in [0.2, 0.25) is 0 Å². The second kappa shape index (κ2) is 11.0. The maximum absolute atomic E-state index is 14.9. The van der Waals surface area contributed by atoms with Gasteiger partial charge in [0.05, 0.1) is 17.3 Å². The third kappa shape index (κ3) is 4.57. The molecule has 6 atom stereocenters. The van der Waals surface area contributed by atoms with Crippen molar-refractivity contribution in [3.05, 3.63) is 113 Å². The van der Waals surface area contributed by atoms with Gasteiger partial charge in [-0.1, -0.05) is 72.3 Å². The van der Waals surface area contributed by atoms with E-state index in [1.54, 1.807) is 66.7 Å². The predicted molar refractivity (Wildman–Crippen MR) is 163 cm³/mol. The number of nitrogens with zero attached hydrogens (tertiary/aromatic N) is 1. The first-order chi connectivity index (χ1) is 22.8. The molecule has 0 bridgehead atoms. The van der Waals surface area contributed by atoms with Crippen molar-refractivity contribution in [3.8, 4) is 11.5 Å². The van der Waals surface area contributed by atoms with Crippen molar-refractivity contribution < 1.29 is 47.0 Å². The maximum Gasteiger partial charge on any atom is 0.573 e. The minimum atomic E-state index is -5.08. The second-order valence-corrected chi connectivity index (χ2v) is 12.4. The van der Waals surface area contributed by atoms with Crippen molar-refractivity contribution in [3.63, 3.8) is 0 Å². The topological polar surface area (TPSA) is 144 Å². The fraction of sp³-hybridized carbons (Fsp3) is 0.250. The highest BCUT2D eigenvalue weighted by Crippen LogP contribution is 2.64. The standard InChI is InChI=1S/C36H27F3N2O7/c37-36(38,39)48-20-11-14-27(42)25(15-20)30-21-12-13-22-29(33(46)41(32(22)45)34(40)47)24(21)16-26-31(44)23(18-7-3-1-4-8-18)17-28(43)35(26,30)19-9-5-2-6-10-19/h1-12,14-15,17,22,24,26,29-30,42H,13,16H2,(H2,40,47). The number of carbonyl (C=O) groups is 5. The molecule has 1 saturated carbocycles. The van der Waals surface area contributed by atoms with E-state index >= 15 is 0 Å². The highest BCUT2D eigenvalue weighted by atomic mass is 19.4. The summed E-state index contributed by atoms with van der Waals surface area (Å²) in [6, 6.07) is 18.5. The summed E-state index contributed by atoms with van der Waals surface area (Å²) in [4.78, 5) is 69.3. The number of phenols is 1. The van der Waals surface area contributed by atoms with Gasteiger partial charge in [-0.3, -0.25) is 19.2 Å². The molecule has 2 fully saturated rings. The Kier molecular flexibility index (Phi) is 7.15. The molecular formula is C36H27F3N2O7. The molecule has 1 heterocycles. The number of primary amides is 1. The summed E-state index contributed by atoms with van der Waals surface area (Å²) in [6.45, 7) is 0. The highest BCUT2D eigenvalue weighted by molar-refractivity contribution is 6.31. The summed E-state index contributed by atoms with van der Waals surface area (Å²) < 4.78 is 44.5. The van der Waals surface area contributed by atoms with Gasteiger partial charge in [0.15, 0.2) is 11.6 Å². The maximum atomic E-state index is 14.9. The number of Topliss-reactive ketones (excluding diaryl/α,β-unsaturated/α-hetero) is 1. The van der Waals surface area contributed by atoms with Gasteiger partial charge in [-0.15, -0.1) is 13.2 Å². The number of hydrogen-bond acceptors (Lipinski definition) is 7. The molecule has 7 rings (SSSR count). The van der Waals surface area contributed by atoms with Crippen LogP contribution in [-0.4, -0.2) is 45.8 Å². The van der Waals surface area contributed by atoms with Gasteiger partial charge in [0.1, 0.15) is 11.5 Å². The van der Waals surface area contributed by atoms with E-state index in [1.807, 2.05) is 0 Å². The van der Waals surface area contributed by atoms with Crippen LogP contribution in [0.15, 0.2) is 96.6 Å². The molecule has 12 heteroatoms. The molecular weight excluding hydrogens is 629 g/mol. The molecule has 1 aliphatic heterocycles. The molecule has 3 aromatic carbocycles. The van der Waals surface area contributed by atoms with Crippen molar-refractivity contribution in [1.82, 2.24) is 4.90 Å². The van der Waals surface area contributed by atoms with Crippen LogP contribution in [0.3, 0.4) is 0 Å². The van der Waals surface area contributed by atoms with Gasteiger partial charge in [0.25, 0.3) is 0 Å². The van der Waals surface area contributed by atoms with Crippen LogP contribution in [0.4, 0.5) is 18.0 Å². The number of allylic oxidation sites excluding steroid dienone is 4. The van der Waals surface area contributed by atoms with E-state index in [2.05, 4.69) is 4.74 Å². The lowest BCUT2D eigenvalue weighted by molar-refractivity contribution is -0.274. The number of phenolic OH excluding ortho intramolecular Hbond substituents is 1. The van der Waals surface area contributed by atoms with Crippen LogP contribution < -0.4 is 10.5 Å². The first-order valence-electron chi connectivity index (χ1n) is 15.2. The summed E-state index contributed by atoms with van der Waals surface area (Å²) in [7, 11) is 0. The fourth-order valence-corrected chi connectivity index (χ4v) is 8.40. The minimum absolute atomic E-state index is 0.0519. The average Bonchev–Trinajstić information content (AvgIpc) is 3.32. The van der Waals surface area contributed by atoms with E-state index < -0.39 is 82.3 Å². The number of halogens is 3. The highest BCUT2D eigenvalue weighted by Gasteiger charge is 2.66. The summed E-state index contributed by atoms with van der Waals surface area (Å²) in [6.07, 6.45) is -2.37. The number of ether oxygens (including phenoxy) is 1. The molecule has 0 spiro atoms. The van der Waals surface area contributed by atoms with E-state index in [1.165, 1.54) is 6.08 Å². The zero-order valence-corrected chi connectivity index (χ0v) is 25.0. The number of fused-ring (bicyclic) bond motifs is 4. The molecule has 4 aliphatic rings. The number of rotatable bonds is 4. The lowest BCUT2D eigenvalue weighted by Crippen LogP contribution is -2.58. The Bertz CT molecular complexity index is 1960. The van der Waals surface area contributed by atoms with Crippen molar-refractivity contribution in [1.29, 1.82) is 0 Å². The van der Waals surface area contributed by atoms with Crippen LogP contribution in [-0.2, 0) is 24.6 Å². The van der Waals surface area contributed by atoms with Crippen LogP contribution in [0, 0.1) is 23.7 Å². The summed E-state index contributed by atoms with van der Waals surface area (Å²) in [5, 5.41) is 11.3. The van der Waals surface area contributed by atoms with Gasteiger partial charge in [-0.25, -0.2) is 4.79 Å². The molecule has 3 aliphatic carbocycles. The van der Waals surface area contributed by atoms with Crippen LogP contribution in [0.25, 0.3) is 5.57 Å². The lowest BCUT2D eigenvalue weighted by Gasteiger charge is -2.55. The van der Waals surface area contributed by atoms with Gasteiger partial charge in [0.2, 0.25) is 11.8 Å². The van der Waals surface area contributed by atoms with E-state index in [0.29, 0.717) is 21.6 Å². The summed E-state index contributed by atoms with van der Waals surface area (Å²) >= 11 is 0. The number of nitrogens with two attached hydrogens (primary N) is 1. The third-order valence-electron chi connectivity index (χ3n) is 10.1. The first kappa shape index (κ1) is 31.1. The number of ketones is 2. The van der Waals surface area contributed by atoms with Crippen molar-refractivity contribution >= 4 is 35.0 Å². The van der Waals surface area contributed by atoms with Gasteiger partial charge >= 0.3 is 12.4 Å². The number of aromatic hydroxyl groups is 1. The Morgan fingerprint density at radius 1 is 0.917 bits per heavy atom. The minimum Gasteiger partial charge on any atom is -0.508 e. The van der Waals surface area contributed by atoms with Crippen molar-refractivity contribution in [2.24, 2.45) is 29.4 Å². The molecule has 48 heavy (non-hydrogen) atoms. The number of alkyl halides is 3. The molecule has 244 valence electrons. The van der Waals surface area contributed by atoms with E-state index in [0.717, 1.165) is 18.2 Å². The molecule has 1 saturated heterocycles.